The Balaban J connectivity index is 3.55. The van der Waals surface area contributed by atoms with Gasteiger partial charge in [0, 0.05) is 12.8 Å². The number of carboxylic acid groups (broad SMARTS) is 2. The topological polar surface area (TPSA) is 191 Å². The van der Waals surface area contributed by atoms with Crippen molar-refractivity contribution < 1.29 is 39.0 Å². The molecule has 6 N–H and O–H groups in total. The van der Waals surface area contributed by atoms with Crippen molar-refractivity contribution >= 4 is 35.6 Å². The summed E-state index contributed by atoms with van der Waals surface area (Å²) in [7, 11) is 0. The molecule has 0 atom stereocenters. The first-order valence-electron chi connectivity index (χ1n) is 9.21. The number of carbonyl (C=O) groups excluding carboxylic acids is 4. The van der Waals surface area contributed by atoms with Gasteiger partial charge in [-0.3, -0.25) is 28.8 Å². The minimum absolute atomic E-state index is 0.248. The van der Waals surface area contributed by atoms with Crippen molar-refractivity contribution in [1.29, 1.82) is 0 Å². The van der Waals surface area contributed by atoms with Crippen molar-refractivity contribution in [3.63, 3.8) is 0 Å². The molecule has 0 aliphatic rings. The van der Waals surface area contributed by atoms with Crippen LogP contribution in [0.5, 0.6) is 0 Å². The lowest BCUT2D eigenvalue weighted by molar-refractivity contribution is -0.138. The highest BCUT2D eigenvalue weighted by atomic mass is 16.4. The maximum atomic E-state index is 11.5. The Hall–Kier alpha value is -3.18. The molecule has 0 rings (SSSR count). The van der Waals surface area contributed by atoms with Crippen LogP contribution < -0.4 is 21.3 Å². The zero-order valence-electron chi connectivity index (χ0n) is 16.1. The Labute approximate surface area is 167 Å². The Morgan fingerprint density at radius 1 is 0.448 bits per heavy atom. The number of hydrogen-bond donors (Lipinski definition) is 6. The van der Waals surface area contributed by atoms with Crippen LogP contribution in [-0.4, -0.2) is 72.0 Å². The minimum Gasteiger partial charge on any atom is -0.480 e. The second kappa shape index (κ2) is 15.8. The predicted octanol–water partition coefficient (Wildman–Crippen LogP) is -1.65. The second-order valence-corrected chi connectivity index (χ2v) is 6.16. The number of rotatable bonds is 16. The van der Waals surface area contributed by atoms with Crippen LogP contribution in [0.2, 0.25) is 0 Å². The molecule has 0 saturated heterocycles. The van der Waals surface area contributed by atoms with Crippen LogP contribution in [0.15, 0.2) is 0 Å². The van der Waals surface area contributed by atoms with Gasteiger partial charge in [-0.25, -0.2) is 0 Å². The molecule has 0 aromatic heterocycles. The van der Waals surface area contributed by atoms with Crippen LogP contribution in [0, 0.1) is 0 Å². The van der Waals surface area contributed by atoms with Crippen LogP contribution >= 0.6 is 0 Å². The van der Waals surface area contributed by atoms with Gasteiger partial charge in [-0.2, -0.15) is 0 Å². The van der Waals surface area contributed by atoms with E-state index in [0.717, 1.165) is 19.3 Å². The summed E-state index contributed by atoms with van der Waals surface area (Å²) in [6, 6.07) is 0. The van der Waals surface area contributed by atoms with E-state index < -0.39 is 36.8 Å². The number of amides is 4. The van der Waals surface area contributed by atoms with Gasteiger partial charge in [-0.15, -0.1) is 0 Å². The van der Waals surface area contributed by atoms with E-state index in [1.165, 1.54) is 0 Å². The highest BCUT2D eigenvalue weighted by Crippen LogP contribution is 2.07. The van der Waals surface area contributed by atoms with E-state index in [2.05, 4.69) is 21.3 Å². The largest absolute Gasteiger partial charge is 0.480 e. The molecular weight excluding hydrogens is 388 g/mol. The Bertz CT molecular complexity index is 544. The van der Waals surface area contributed by atoms with E-state index in [-0.39, 0.29) is 37.7 Å². The zero-order valence-corrected chi connectivity index (χ0v) is 16.1. The first kappa shape index (κ1) is 25.8. The van der Waals surface area contributed by atoms with E-state index in [0.29, 0.717) is 12.8 Å². The Kier molecular flexibility index (Phi) is 14.1. The highest BCUT2D eigenvalue weighted by Gasteiger charge is 2.08. The minimum atomic E-state index is -1.16. The third kappa shape index (κ3) is 18.0. The highest BCUT2D eigenvalue weighted by molar-refractivity contribution is 5.87. The van der Waals surface area contributed by atoms with Gasteiger partial charge in [-0.1, -0.05) is 19.3 Å². The summed E-state index contributed by atoms with van der Waals surface area (Å²) in [6.07, 6.45) is 4.11. The third-order valence-electron chi connectivity index (χ3n) is 3.57. The number of carbonyl (C=O) groups is 6. The molecule has 4 amide bonds. The summed E-state index contributed by atoms with van der Waals surface area (Å²) in [5.74, 6) is -4.06. The molecule has 0 unspecified atom stereocenters. The van der Waals surface area contributed by atoms with Crippen LogP contribution in [0.25, 0.3) is 0 Å². The molecule has 0 aliphatic heterocycles. The summed E-state index contributed by atoms with van der Waals surface area (Å²) in [5, 5.41) is 25.9. The monoisotopic (exact) mass is 416 g/mol. The van der Waals surface area contributed by atoms with Crippen molar-refractivity contribution in [2.24, 2.45) is 0 Å². The fourth-order valence-electron chi connectivity index (χ4n) is 2.11. The lowest BCUT2D eigenvalue weighted by Crippen LogP contribution is -2.38. The normalized spacial score (nSPS) is 9.93. The maximum absolute atomic E-state index is 11.5. The van der Waals surface area contributed by atoms with E-state index in [9.17, 15) is 28.8 Å². The van der Waals surface area contributed by atoms with Gasteiger partial charge in [0.05, 0.1) is 13.1 Å². The lowest BCUT2D eigenvalue weighted by atomic mass is 10.1. The zero-order chi connectivity index (χ0) is 22.1. The molecule has 0 aliphatic carbocycles. The smallest absolute Gasteiger partial charge is 0.322 e. The molecule has 0 aromatic carbocycles. The van der Waals surface area contributed by atoms with E-state index in [1.54, 1.807) is 0 Å². The van der Waals surface area contributed by atoms with Gasteiger partial charge in [0.1, 0.15) is 13.1 Å². The first-order valence-corrected chi connectivity index (χ1v) is 9.21. The standard InChI is InChI=1S/C17H28N4O8/c22-12(18-8-14(24)20-10-16(26)27)6-4-2-1-3-5-7-13(23)19-9-15(25)21-11-17(28)29/h1-11H2,(H,18,22)(H,19,23)(H,20,24)(H,21,25)(H,26,27)(H,28,29). The SMILES string of the molecule is O=C(O)CNC(=O)CNC(=O)CCCCCCCC(=O)NCC(=O)NCC(=O)O. The molecule has 0 aromatic rings. The van der Waals surface area contributed by atoms with Crippen LogP contribution in [-0.2, 0) is 28.8 Å². The van der Waals surface area contributed by atoms with E-state index in [4.69, 9.17) is 10.2 Å². The third-order valence-corrected chi connectivity index (χ3v) is 3.57. The molecule has 29 heavy (non-hydrogen) atoms. The van der Waals surface area contributed by atoms with Gasteiger partial charge in [-0.05, 0) is 12.8 Å². The van der Waals surface area contributed by atoms with Crippen molar-refractivity contribution in [2.75, 3.05) is 26.2 Å². The quantitative estimate of drug-likeness (QED) is 0.161. The van der Waals surface area contributed by atoms with Gasteiger partial charge in [0.15, 0.2) is 0 Å². The number of unbranched alkanes of at least 4 members (excludes halogenated alkanes) is 4. The summed E-state index contributed by atoms with van der Waals surface area (Å²) in [4.78, 5) is 66.1. The van der Waals surface area contributed by atoms with Crippen LogP contribution in [0.4, 0.5) is 0 Å². The second-order valence-electron chi connectivity index (χ2n) is 6.16. The number of aliphatic carboxylic acids is 2. The molecule has 0 saturated carbocycles. The van der Waals surface area contributed by atoms with Crippen molar-refractivity contribution in [3.05, 3.63) is 0 Å². The summed E-state index contributed by atoms with van der Waals surface area (Å²) in [5.41, 5.74) is 0. The number of carboxylic acids is 2. The van der Waals surface area contributed by atoms with E-state index >= 15 is 0 Å². The van der Waals surface area contributed by atoms with Crippen LogP contribution in [0.1, 0.15) is 44.9 Å². The first-order chi connectivity index (χ1) is 13.7. The summed E-state index contributed by atoms with van der Waals surface area (Å²) >= 11 is 0. The lowest BCUT2D eigenvalue weighted by Gasteiger charge is -2.06. The average molecular weight is 416 g/mol. The van der Waals surface area contributed by atoms with Gasteiger partial charge in [0.25, 0.3) is 0 Å². The van der Waals surface area contributed by atoms with Gasteiger partial charge >= 0.3 is 11.9 Å². The molecule has 0 radical (unpaired) electrons. The van der Waals surface area contributed by atoms with Crippen molar-refractivity contribution in [1.82, 2.24) is 21.3 Å². The Morgan fingerprint density at radius 2 is 0.759 bits per heavy atom. The van der Waals surface area contributed by atoms with E-state index in [1.807, 2.05) is 0 Å². The average Bonchev–Trinajstić information content (AvgIpc) is 2.66. The number of hydrogen-bond acceptors (Lipinski definition) is 6. The molecule has 0 heterocycles. The molecule has 164 valence electrons. The molecule has 0 bridgehead atoms. The Morgan fingerprint density at radius 3 is 1.10 bits per heavy atom. The molecule has 12 heteroatoms. The fraction of sp³-hybridized carbons (Fsp3) is 0.647. The molecular formula is C17H28N4O8. The summed E-state index contributed by atoms with van der Waals surface area (Å²) < 4.78 is 0. The molecule has 0 spiro atoms. The van der Waals surface area contributed by atoms with Crippen LogP contribution in [0.3, 0.4) is 0 Å². The molecule has 12 nitrogen and oxygen atoms in total. The van der Waals surface area contributed by atoms with Crippen molar-refractivity contribution in [2.45, 2.75) is 44.9 Å². The van der Waals surface area contributed by atoms with Gasteiger partial charge in [0.2, 0.25) is 23.6 Å². The fourth-order valence-corrected chi connectivity index (χ4v) is 2.11. The van der Waals surface area contributed by atoms with Crippen molar-refractivity contribution in [3.8, 4) is 0 Å². The predicted molar refractivity (Wildman–Crippen MR) is 99.6 cm³/mol. The molecule has 0 fully saturated rings. The maximum Gasteiger partial charge on any atom is 0.322 e. The summed E-state index contributed by atoms with van der Waals surface area (Å²) in [6.45, 7) is -1.53. The number of nitrogens with one attached hydrogen (secondary N) is 4. The van der Waals surface area contributed by atoms with Gasteiger partial charge < -0.3 is 31.5 Å².